The molecular weight excluding hydrogens is 362 g/mol. The Kier molecular flexibility index (Phi) is 4.82. The maximum absolute atomic E-state index is 11.2. The van der Waals surface area contributed by atoms with Crippen LogP contribution in [-0.2, 0) is 6.61 Å². The second-order valence-electron chi connectivity index (χ2n) is 4.34. The van der Waals surface area contributed by atoms with Crippen molar-refractivity contribution in [3.63, 3.8) is 0 Å². The van der Waals surface area contributed by atoms with Crippen LogP contribution in [-0.4, -0.2) is 10.0 Å². The number of nitro groups is 1. The number of nitro benzene ring substituents is 1. The summed E-state index contributed by atoms with van der Waals surface area (Å²) in [4.78, 5) is 10.6. The first-order valence-corrected chi connectivity index (χ1v) is 7.11. The van der Waals surface area contributed by atoms with E-state index in [2.05, 4.69) is 15.9 Å². The summed E-state index contributed by atoms with van der Waals surface area (Å²) in [5.41, 5.74) is 0.912. The van der Waals surface area contributed by atoms with Crippen molar-refractivity contribution >= 4 is 33.2 Å². The van der Waals surface area contributed by atoms with Crippen molar-refractivity contribution in [3.8, 4) is 11.5 Å². The molecule has 0 saturated heterocycles. The fourth-order valence-corrected chi connectivity index (χ4v) is 2.62. The first kappa shape index (κ1) is 15.8. The molecule has 0 unspecified atom stereocenters. The van der Waals surface area contributed by atoms with E-state index in [-0.39, 0.29) is 18.0 Å². The van der Waals surface area contributed by atoms with E-state index in [0.29, 0.717) is 26.4 Å². The minimum absolute atomic E-state index is 0.139. The van der Waals surface area contributed by atoms with Crippen LogP contribution in [0.1, 0.15) is 11.1 Å². The molecule has 0 fully saturated rings. The predicted octanol–water partition coefficient (Wildman–Crippen LogP) is 4.60. The number of aliphatic hydroxyl groups excluding tert-OH is 1. The first-order valence-electron chi connectivity index (χ1n) is 5.94. The van der Waals surface area contributed by atoms with Gasteiger partial charge in [0.15, 0.2) is 0 Å². The van der Waals surface area contributed by atoms with E-state index in [0.717, 1.165) is 0 Å². The number of ether oxygens (including phenoxy) is 1. The lowest BCUT2D eigenvalue weighted by atomic mass is 10.1. The fraction of sp³-hybridized carbons (Fsp3) is 0.143. The highest BCUT2D eigenvalue weighted by atomic mass is 79.9. The van der Waals surface area contributed by atoms with E-state index in [1.54, 1.807) is 31.2 Å². The van der Waals surface area contributed by atoms with Crippen LogP contribution < -0.4 is 4.74 Å². The van der Waals surface area contributed by atoms with Crippen molar-refractivity contribution < 1.29 is 14.8 Å². The van der Waals surface area contributed by atoms with Crippen LogP contribution in [0.2, 0.25) is 5.02 Å². The van der Waals surface area contributed by atoms with Gasteiger partial charge in [-0.15, -0.1) is 0 Å². The third kappa shape index (κ3) is 3.53. The third-order valence-corrected chi connectivity index (χ3v) is 3.51. The van der Waals surface area contributed by atoms with Gasteiger partial charge in [0.2, 0.25) is 5.75 Å². The van der Waals surface area contributed by atoms with Crippen LogP contribution in [0, 0.1) is 17.0 Å². The van der Waals surface area contributed by atoms with Gasteiger partial charge in [0.25, 0.3) is 0 Å². The second kappa shape index (κ2) is 6.43. The molecule has 21 heavy (non-hydrogen) atoms. The minimum Gasteiger partial charge on any atom is -0.449 e. The standard InChI is InChI=1S/C14H11BrClNO4/c1-8-4-10(15)6-12(17(19)20)14(8)21-13-3-2-11(16)5-9(13)7-18/h2-6,18H,7H2,1H3. The molecular formula is C14H11BrClNO4. The topological polar surface area (TPSA) is 72.6 Å². The molecule has 0 aromatic heterocycles. The summed E-state index contributed by atoms with van der Waals surface area (Å²) < 4.78 is 6.25. The second-order valence-corrected chi connectivity index (χ2v) is 5.69. The van der Waals surface area contributed by atoms with E-state index in [1.807, 2.05) is 0 Å². The van der Waals surface area contributed by atoms with Gasteiger partial charge in [0.1, 0.15) is 5.75 Å². The van der Waals surface area contributed by atoms with E-state index in [9.17, 15) is 15.2 Å². The van der Waals surface area contributed by atoms with Gasteiger partial charge in [-0.1, -0.05) is 27.5 Å². The maximum atomic E-state index is 11.2. The molecule has 5 nitrogen and oxygen atoms in total. The summed E-state index contributed by atoms with van der Waals surface area (Å²) in [5, 5.41) is 20.9. The molecule has 0 radical (unpaired) electrons. The molecule has 1 N–H and O–H groups in total. The fourth-order valence-electron chi connectivity index (χ4n) is 1.86. The number of nitrogens with zero attached hydrogens (tertiary/aromatic N) is 1. The SMILES string of the molecule is Cc1cc(Br)cc([N+](=O)[O-])c1Oc1ccc(Cl)cc1CO. The van der Waals surface area contributed by atoms with Gasteiger partial charge in [0, 0.05) is 21.1 Å². The Hall–Kier alpha value is -1.63. The molecule has 0 aliphatic carbocycles. The summed E-state index contributed by atoms with van der Waals surface area (Å²) in [6.07, 6.45) is 0. The highest BCUT2D eigenvalue weighted by Gasteiger charge is 2.20. The Morgan fingerprint density at radius 2 is 2.10 bits per heavy atom. The summed E-state index contributed by atoms with van der Waals surface area (Å²) in [6, 6.07) is 7.81. The molecule has 0 atom stereocenters. The molecule has 7 heteroatoms. The summed E-state index contributed by atoms with van der Waals surface area (Å²) in [6.45, 7) is 1.43. The lowest BCUT2D eigenvalue weighted by molar-refractivity contribution is -0.385. The first-order chi connectivity index (χ1) is 9.92. The molecule has 0 spiro atoms. The monoisotopic (exact) mass is 371 g/mol. The zero-order chi connectivity index (χ0) is 15.6. The minimum atomic E-state index is -0.512. The van der Waals surface area contributed by atoms with Gasteiger partial charge >= 0.3 is 5.69 Å². The van der Waals surface area contributed by atoms with E-state index < -0.39 is 4.92 Å². The highest BCUT2D eigenvalue weighted by molar-refractivity contribution is 9.10. The summed E-state index contributed by atoms with van der Waals surface area (Å²) in [7, 11) is 0. The zero-order valence-electron chi connectivity index (χ0n) is 11.0. The third-order valence-electron chi connectivity index (χ3n) is 2.82. The Bertz CT molecular complexity index is 706. The highest BCUT2D eigenvalue weighted by Crippen LogP contribution is 2.38. The van der Waals surface area contributed by atoms with Gasteiger partial charge in [-0.05, 0) is 36.8 Å². The predicted molar refractivity (Wildman–Crippen MR) is 83.0 cm³/mol. The molecule has 0 amide bonds. The van der Waals surface area contributed by atoms with Crippen molar-refractivity contribution in [2.45, 2.75) is 13.5 Å². The largest absolute Gasteiger partial charge is 0.449 e. The number of aliphatic hydroxyl groups is 1. The average Bonchev–Trinajstić information content (AvgIpc) is 2.42. The number of aryl methyl sites for hydroxylation is 1. The molecule has 2 aromatic carbocycles. The molecule has 110 valence electrons. The van der Waals surface area contributed by atoms with Crippen LogP contribution in [0.4, 0.5) is 5.69 Å². The van der Waals surface area contributed by atoms with Gasteiger partial charge < -0.3 is 9.84 Å². The lowest BCUT2D eigenvalue weighted by Crippen LogP contribution is -1.98. The molecule has 0 aliphatic heterocycles. The van der Waals surface area contributed by atoms with Crippen LogP contribution >= 0.6 is 27.5 Å². The zero-order valence-corrected chi connectivity index (χ0v) is 13.3. The number of halogens is 2. The van der Waals surface area contributed by atoms with Crippen LogP contribution in [0.25, 0.3) is 0 Å². The normalized spacial score (nSPS) is 10.5. The summed E-state index contributed by atoms with van der Waals surface area (Å²) in [5.74, 6) is 0.468. The van der Waals surface area contributed by atoms with Crippen LogP contribution in [0.3, 0.4) is 0 Å². The van der Waals surface area contributed by atoms with Gasteiger partial charge in [-0.2, -0.15) is 0 Å². The molecule has 0 bridgehead atoms. The Balaban J connectivity index is 2.51. The number of rotatable bonds is 4. The molecule has 0 aliphatic rings. The molecule has 2 aromatic rings. The Morgan fingerprint density at radius 1 is 1.38 bits per heavy atom. The van der Waals surface area contributed by atoms with Gasteiger partial charge in [-0.3, -0.25) is 10.1 Å². The van der Waals surface area contributed by atoms with Crippen molar-refractivity contribution in [2.24, 2.45) is 0 Å². The Morgan fingerprint density at radius 3 is 2.71 bits per heavy atom. The lowest BCUT2D eigenvalue weighted by Gasteiger charge is -2.12. The van der Waals surface area contributed by atoms with Crippen molar-refractivity contribution in [1.82, 2.24) is 0 Å². The number of hydrogen-bond donors (Lipinski definition) is 1. The molecule has 2 rings (SSSR count). The molecule has 0 saturated carbocycles. The van der Waals surface area contributed by atoms with Crippen molar-refractivity contribution in [2.75, 3.05) is 0 Å². The molecule has 0 heterocycles. The quantitative estimate of drug-likeness (QED) is 0.628. The van der Waals surface area contributed by atoms with Crippen molar-refractivity contribution in [1.29, 1.82) is 0 Å². The van der Waals surface area contributed by atoms with E-state index >= 15 is 0 Å². The van der Waals surface area contributed by atoms with Crippen LogP contribution in [0.5, 0.6) is 11.5 Å². The van der Waals surface area contributed by atoms with E-state index in [1.165, 1.54) is 6.07 Å². The van der Waals surface area contributed by atoms with E-state index in [4.69, 9.17) is 16.3 Å². The Labute approximate surface area is 134 Å². The average molecular weight is 373 g/mol. The van der Waals surface area contributed by atoms with Crippen LogP contribution in [0.15, 0.2) is 34.8 Å². The summed E-state index contributed by atoms with van der Waals surface area (Å²) >= 11 is 9.07. The number of hydrogen-bond acceptors (Lipinski definition) is 4. The van der Waals surface area contributed by atoms with Crippen molar-refractivity contribution in [3.05, 3.63) is 61.1 Å². The maximum Gasteiger partial charge on any atom is 0.312 e. The van der Waals surface area contributed by atoms with Gasteiger partial charge in [0.05, 0.1) is 11.5 Å². The number of benzene rings is 2. The smallest absolute Gasteiger partial charge is 0.312 e. The van der Waals surface area contributed by atoms with Gasteiger partial charge in [-0.25, -0.2) is 0 Å².